The third kappa shape index (κ3) is 2.48. The second kappa shape index (κ2) is 5.36. The van der Waals surface area contributed by atoms with Gasteiger partial charge in [-0.1, -0.05) is 18.2 Å². The molecule has 114 valence electrons. The lowest BCUT2D eigenvalue weighted by Crippen LogP contribution is -2.42. The number of hydrogen-bond acceptors (Lipinski definition) is 3. The molecule has 1 saturated carbocycles. The van der Waals surface area contributed by atoms with E-state index in [1.165, 1.54) is 12.8 Å². The summed E-state index contributed by atoms with van der Waals surface area (Å²) in [6.45, 7) is 1.52. The van der Waals surface area contributed by atoms with Gasteiger partial charge in [0.15, 0.2) is 0 Å². The second-order valence-corrected chi connectivity index (χ2v) is 6.52. The number of piperidine rings is 1. The van der Waals surface area contributed by atoms with Crippen LogP contribution in [0, 0.1) is 0 Å². The Morgan fingerprint density at radius 3 is 2.59 bits per heavy atom. The number of benzene rings is 1. The molecule has 1 aliphatic carbocycles. The predicted octanol–water partition coefficient (Wildman–Crippen LogP) is 2.68. The number of aromatic nitrogens is 1. The Hall–Kier alpha value is -1.94. The maximum absolute atomic E-state index is 13.0. The molecular weight excluding hydrogens is 274 g/mol. The maximum Gasteiger partial charge on any atom is 0.254 e. The number of carbonyl (C=O) groups excluding carboxylic acids is 1. The number of likely N-dealkylation sites (tertiary alicyclic amines) is 1. The lowest BCUT2D eigenvalue weighted by atomic mass is 10.0. The minimum Gasteiger partial charge on any atom is -0.339 e. The normalized spacial score (nSPS) is 19.6. The molecule has 2 fully saturated rings. The molecule has 4 rings (SSSR count). The summed E-state index contributed by atoms with van der Waals surface area (Å²) in [4.78, 5) is 19.7. The molecule has 0 atom stereocenters. The molecule has 4 heteroatoms. The van der Waals surface area contributed by atoms with Crippen molar-refractivity contribution in [3.63, 3.8) is 0 Å². The first-order valence-electron chi connectivity index (χ1n) is 8.17. The summed E-state index contributed by atoms with van der Waals surface area (Å²) in [5, 5.41) is 0.965. The van der Waals surface area contributed by atoms with Crippen molar-refractivity contribution in [2.24, 2.45) is 5.73 Å². The van der Waals surface area contributed by atoms with Gasteiger partial charge in [0, 0.05) is 36.1 Å². The van der Waals surface area contributed by atoms with Crippen molar-refractivity contribution >= 4 is 16.8 Å². The molecule has 4 nitrogen and oxygen atoms in total. The predicted molar refractivity (Wildman–Crippen MR) is 86.8 cm³/mol. The molecule has 1 aromatic heterocycles. The molecule has 2 N–H and O–H groups in total. The fraction of sp³-hybridized carbons (Fsp3) is 0.444. The summed E-state index contributed by atoms with van der Waals surface area (Å²) >= 11 is 0. The van der Waals surface area contributed by atoms with Crippen LogP contribution in [0.15, 0.2) is 30.3 Å². The van der Waals surface area contributed by atoms with Crippen LogP contribution in [0.4, 0.5) is 0 Å². The van der Waals surface area contributed by atoms with E-state index in [4.69, 9.17) is 10.7 Å². The number of nitrogens with zero attached hydrogens (tertiary/aromatic N) is 2. The van der Waals surface area contributed by atoms with Gasteiger partial charge in [-0.2, -0.15) is 0 Å². The van der Waals surface area contributed by atoms with Crippen LogP contribution in [0.5, 0.6) is 0 Å². The van der Waals surface area contributed by atoms with Crippen LogP contribution in [0.3, 0.4) is 0 Å². The minimum absolute atomic E-state index is 0.132. The molecule has 22 heavy (non-hydrogen) atoms. The van der Waals surface area contributed by atoms with Gasteiger partial charge in [-0.15, -0.1) is 0 Å². The van der Waals surface area contributed by atoms with Crippen molar-refractivity contribution < 1.29 is 4.79 Å². The first kappa shape index (κ1) is 13.7. The summed E-state index contributed by atoms with van der Waals surface area (Å²) in [5.74, 6) is 0.679. The number of carbonyl (C=O) groups is 1. The third-order valence-corrected chi connectivity index (χ3v) is 4.79. The quantitative estimate of drug-likeness (QED) is 0.926. The highest BCUT2D eigenvalue weighted by atomic mass is 16.2. The van der Waals surface area contributed by atoms with E-state index in [0.717, 1.165) is 48.1 Å². The molecule has 1 amide bonds. The highest BCUT2D eigenvalue weighted by Gasteiger charge is 2.28. The first-order valence-corrected chi connectivity index (χ1v) is 8.17. The zero-order chi connectivity index (χ0) is 15.1. The molecule has 1 saturated heterocycles. The van der Waals surface area contributed by atoms with E-state index in [1.54, 1.807) is 0 Å². The van der Waals surface area contributed by atoms with Gasteiger partial charge in [-0.25, -0.2) is 0 Å². The molecule has 2 aliphatic rings. The summed E-state index contributed by atoms with van der Waals surface area (Å²) < 4.78 is 0. The Bertz CT molecular complexity index is 715. The largest absolute Gasteiger partial charge is 0.339 e. The number of para-hydroxylation sites is 1. The molecule has 0 bridgehead atoms. The highest BCUT2D eigenvalue weighted by Crippen LogP contribution is 2.40. The monoisotopic (exact) mass is 295 g/mol. The SMILES string of the molecule is NC1CCN(C(=O)c2cc(C3CC3)nc3ccccc23)CC1. The smallest absolute Gasteiger partial charge is 0.254 e. The van der Waals surface area contributed by atoms with Crippen LogP contribution in [0.2, 0.25) is 0 Å². The number of hydrogen-bond donors (Lipinski definition) is 1. The zero-order valence-corrected chi connectivity index (χ0v) is 12.7. The van der Waals surface area contributed by atoms with Crippen LogP contribution >= 0.6 is 0 Å². The topological polar surface area (TPSA) is 59.2 Å². The first-order chi connectivity index (χ1) is 10.7. The van der Waals surface area contributed by atoms with Crippen LogP contribution in [0.25, 0.3) is 10.9 Å². The van der Waals surface area contributed by atoms with Crippen molar-refractivity contribution in [2.45, 2.75) is 37.6 Å². The lowest BCUT2D eigenvalue weighted by Gasteiger charge is -2.30. The van der Waals surface area contributed by atoms with Crippen molar-refractivity contribution in [2.75, 3.05) is 13.1 Å². The van der Waals surface area contributed by atoms with Crippen molar-refractivity contribution in [1.29, 1.82) is 0 Å². The number of pyridine rings is 1. The lowest BCUT2D eigenvalue weighted by molar-refractivity contribution is 0.0716. The maximum atomic E-state index is 13.0. The van der Waals surface area contributed by atoms with E-state index in [-0.39, 0.29) is 11.9 Å². The van der Waals surface area contributed by atoms with E-state index in [2.05, 4.69) is 0 Å². The van der Waals surface area contributed by atoms with Crippen molar-refractivity contribution in [3.8, 4) is 0 Å². The highest BCUT2D eigenvalue weighted by molar-refractivity contribution is 6.06. The van der Waals surface area contributed by atoms with Gasteiger partial charge >= 0.3 is 0 Å². The van der Waals surface area contributed by atoms with Gasteiger partial charge in [0.25, 0.3) is 5.91 Å². The van der Waals surface area contributed by atoms with Crippen molar-refractivity contribution in [1.82, 2.24) is 9.88 Å². The Balaban J connectivity index is 1.74. The molecule has 1 aromatic carbocycles. The van der Waals surface area contributed by atoms with Gasteiger partial charge in [-0.05, 0) is 37.8 Å². The summed E-state index contributed by atoms with van der Waals surface area (Å²) in [6.07, 6.45) is 4.17. The number of fused-ring (bicyclic) bond motifs is 1. The van der Waals surface area contributed by atoms with E-state index >= 15 is 0 Å². The van der Waals surface area contributed by atoms with E-state index in [1.807, 2.05) is 35.2 Å². The second-order valence-electron chi connectivity index (χ2n) is 6.52. The standard InChI is InChI=1S/C18H21N3O/c19-13-7-9-21(10-8-13)18(22)15-11-17(12-5-6-12)20-16-4-2-1-3-14(15)16/h1-4,11-13H,5-10,19H2. The molecule has 0 unspecified atom stereocenters. The number of amides is 1. The van der Waals surface area contributed by atoms with Gasteiger partial charge in [-0.3, -0.25) is 9.78 Å². The molecule has 2 heterocycles. The Labute approximate surface area is 130 Å². The molecule has 0 radical (unpaired) electrons. The molecule has 1 aliphatic heterocycles. The van der Waals surface area contributed by atoms with Crippen LogP contribution in [0.1, 0.15) is 47.7 Å². The van der Waals surface area contributed by atoms with Crippen LogP contribution in [-0.4, -0.2) is 34.9 Å². The molecular formula is C18H21N3O. The Kier molecular flexibility index (Phi) is 3.34. The summed E-state index contributed by atoms with van der Waals surface area (Å²) in [7, 11) is 0. The minimum atomic E-state index is 0.132. The fourth-order valence-electron chi connectivity index (χ4n) is 3.23. The average molecular weight is 295 g/mol. The Morgan fingerprint density at radius 2 is 1.86 bits per heavy atom. The average Bonchev–Trinajstić information content (AvgIpc) is 3.39. The van der Waals surface area contributed by atoms with E-state index < -0.39 is 0 Å². The Morgan fingerprint density at radius 1 is 1.14 bits per heavy atom. The van der Waals surface area contributed by atoms with Gasteiger partial charge in [0.1, 0.15) is 0 Å². The summed E-state index contributed by atoms with van der Waals surface area (Å²) in [5.41, 5.74) is 8.77. The van der Waals surface area contributed by atoms with Gasteiger partial charge in [0.2, 0.25) is 0 Å². The number of rotatable bonds is 2. The van der Waals surface area contributed by atoms with Gasteiger partial charge in [0.05, 0.1) is 11.1 Å². The van der Waals surface area contributed by atoms with Crippen LogP contribution < -0.4 is 5.73 Å². The number of nitrogens with two attached hydrogens (primary N) is 1. The van der Waals surface area contributed by atoms with E-state index in [9.17, 15) is 4.79 Å². The van der Waals surface area contributed by atoms with Gasteiger partial charge < -0.3 is 10.6 Å². The fourth-order valence-corrected chi connectivity index (χ4v) is 3.23. The molecule has 0 spiro atoms. The summed E-state index contributed by atoms with van der Waals surface area (Å²) in [6, 6.07) is 10.2. The third-order valence-electron chi connectivity index (χ3n) is 4.79. The zero-order valence-electron chi connectivity index (χ0n) is 12.7. The molecule has 2 aromatic rings. The van der Waals surface area contributed by atoms with E-state index in [0.29, 0.717) is 5.92 Å². The van der Waals surface area contributed by atoms with Crippen LogP contribution in [-0.2, 0) is 0 Å². The van der Waals surface area contributed by atoms with Crippen molar-refractivity contribution in [3.05, 3.63) is 41.6 Å².